The molecule has 3 aromatic rings. The molecule has 0 spiro atoms. The number of carbonyl (C=O) groups excluding carboxylic acids is 3. The molecule has 146 valence electrons. The molecule has 2 aromatic carbocycles. The van der Waals surface area contributed by atoms with Crippen LogP contribution in [0.2, 0.25) is 4.34 Å². The topological polar surface area (TPSA) is 66.5 Å². The van der Waals surface area contributed by atoms with Crippen molar-refractivity contribution in [3.63, 3.8) is 0 Å². The SMILES string of the molecule is CC(NC(=O)c1ccc(CN2C(=O)c3ccccc3C2=O)cc1)c1ccc(Cl)s1. The highest BCUT2D eigenvalue weighted by molar-refractivity contribution is 7.16. The fourth-order valence-corrected chi connectivity index (χ4v) is 4.30. The Morgan fingerprint density at radius 1 is 1.00 bits per heavy atom. The lowest BCUT2D eigenvalue weighted by atomic mass is 10.1. The highest BCUT2D eigenvalue weighted by Crippen LogP contribution is 2.27. The summed E-state index contributed by atoms with van der Waals surface area (Å²) in [7, 11) is 0. The van der Waals surface area contributed by atoms with Crippen molar-refractivity contribution in [1.29, 1.82) is 0 Å². The molecule has 1 unspecified atom stereocenters. The zero-order valence-electron chi connectivity index (χ0n) is 15.5. The van der Waals surface area contributed by atoms with E-state index in [1.807, 2.05) is 13.0 Å². The molecule has 4 rings (SSSR count). The zero-order chi connectivity index (χ0) is 20.5. The Morgan fingerprint density at radius 3 is 2.17 bits per heavy atom. The minimum atomic E-state index is -0.296. The summed E-state index contributed by atoms with van der Waals surface area (Å²) in [6, 6.07) is 17.2. The maximum absolute atomic E-state index is 12.5. The number of imide groups is 1. The summed E-state index contributed by atoms with van der Waals surface area (Å²) in [6.07, 6.45) is 0. The van der Waals surface area contributed by atoms with Gasteiger partial charge in [-0.3, -0.25) is 19.3 Å². The van der Waals surface area contributed by atoms with Gasteiger partial charge in [-0.25, -0.2) is 0 Å². The van der Waals surface area contributed by atoms with Crippen LogP contribution in [0, 0.1) is 0 Å². The van der Waals surface area contributed by atoms with Gasteiger partial charge in [0, 0.05) is 10.4 Å². The van der Waals surface area contributed by atoms with Crippen LogP contribution >= 0.6 is 22.9 Å². The van der Waals surface area contributed by atoms with Gasteiger partial charge >= 0.3 is 0 Å². The Hall–Kier alpha value is -2.96. The zero-order valence-corrected chi connectivity index (χ0v) is 17.1. The maximum Gasteiger partial charge on any atom is 0.261 e. The number of halogens is 1. The highest BCUT2D eigenvalue weighted by Gasteiger charge is 2.34. The molecule has 1 aliphatic heterocycles. The molecular weight excluding hydrogens is 408 g/mol. The number of thiophene rings is 1. The third-order valence-corrected chi connectivity index (χ3v) is 6.22. The van der Waals surface area contributed by atoms with E-state index in [2.05, 4.69) is 5.32 Å². The van der Waals surface area contributed by atoms with Crippen LogP contribution in [0.5, 0.6) is 0 Å². The third-order valence-electron chi connectivity index (χ3n) is 4.80. The van der Waals surface area contributed by atoms with E-state index in [-0.39, 0.29) is 30.3 Å². The molecule has 5 nitrogen and oxygen atoms in total. The van der Waals surface area contributed by atoms with Crippen LogP contribution in [0.25, 0.3) is 0 Å². The van der Waals surface area contributed by atoms with Crippen molar-refractivity contribution in [3.8, 4) is 0 Å². The van der Waals surface area contributed by atoms with E-state index in [1.165, 1.54) is 16.2 Å². The lowest BCUT2D eigenvalue weighted by Gasteiger charge is -2.15. The van der Waals surface area contributed by atoms with Crippen LogP contribution in [0.1, 0.15) is 54.5 Å². The predicted molar refractivity (Wildman–Crippen MR) is 112 cm³/mol. The molecule has 1 N–H and O–H groups in total. The van der Waals surface area contributed by atoms with Crippen LogP contribution in [-0.2, 0) is 6.54 Å². The van der Waals surface area contributed by atoms with Crippen LogP contribution in [0.15, 0.2) is 60.7 Å². The van der Waals surface area contributed by atoms with Crippen LogP contribution in [0.4, 0.5) is 0 Å². The molecule has 7 heteroatoms. The molecule has 1 aromatic heterocycles. The van der Waals surface area contributed by atoms with Gasteiger partial charge in [-0.05, 0) is 48.9 Å². The number of amides is 3. The smallest absolute Gasteiger partial charge is 0.261 e. The van der Waals surface area contributed by atoms with Crippen molar-refractivity contribution in [2.45, 2.75) is 19.5 Å². The molecule has 0 aliphatic carbocycles. The molecule has 2 heterocycles. The second-order valence-corrected chi connectivity index (χ2v) is 8.52. The molecule has 1 atom stereocenters. The van der Waals surface area contributed by atoms with Gasteiger partial charge in [-0.1, -0.05) is 35.9 Å². The number of rotatable bonds is 5. The quantitative estimate of drug-likeness (QED) is 0.604. The van der Waals surface area contributed by atoms with Crippen LogP contribution in [0.3, 0.4) is 0 Å². The summed E-state index contributed by atoms with van der Waals surface area (Å²) in [5.74, 6) is -0.791. The lowest BCUT2D eigenvalue weighted by Crippen LogP contribution is -2.29. The lowest BCUT2D eigenvalue weighted by molar-refractivity contribution is 0.0641. The average molecular weight is 425 g/mol. The molecular formula is C22H17ClN2O3S. The van der Waals surface area contributed by atoms with Gasteiger partial charge in [0.2, 0.25) is 0 Å². The van der Waals surface area contributed by atoms with Gasteiger partial charge in [0.25, 0.3) is 17.7 Å². The Kier molecular flexibility index (Phi) is 5.22. The first-order valence-corrected chi connectivity index (χ1v) is 10.2. The molecule has 0 saturated carbocycles. The van der Waals surface area contributed by atoms with Crippen molar-refractivity contribution in [2.24, 2.45) is 0 Å². The standard InChI is InChI=1S/C22H17ClN2O3S/c1-13(18-10-11-19(23)29-18)24-20(26)15-8-6-14(7-9-15)12-25-21(27)16-4-2-3-5-17(16)22(25)28/h2-11,13H,12H2,1H3,(H,24,26). The summed E-state index contributed by atoms with van der Waals surface area (Å²) in [5, 5.41) is 2.94. The number of nitrogens with zero attached hydrogens (tertiary/aromatic N) is 1. The van der Waals surface area contributed by atoms with Crippen LogP contribution in [-0.4, -0.2) is 22.6 Å². The normalized spacial score (nSPS) is 14.1. The van der Waals surface area contributed by atoms with E-state index in [4.69, 9.17) is 11.6 Å². The number of hydrogen-bond donors (Lipinski definition) is 1. The van der Waals surface area contributed by atoms with Gasteiger partial charge < -0.3 is 5.32 Å². The van der Waals surface area contributed by atoms with Gasteiger partial charge in [0.1, 0.15) is 0 Å². The summed E-state index contributed by atoms with van der Waals surface area (Å²) in [4.78, 5) is 39.6. The van der Waals surface area contributed by atoms with E-state index in [1.54, 1.807) is 54.6 Å². The number of fused-ring (bicyclic) bond motifs is 1. The largest absolute Gasteiger partial charge is 0.345 e. The number of carbonyl (C=O) groups is 3. The Balaban J connectivity index is 1.43. The summed E-state index contributed by atoms with van der Waals surface area (Å²) >= 11 is 7.38. The second kappa shape index (κ2) is 7.81. The Morgan fingerprint density at radius 2 is 1.62 bits per heavy atom. The fourth-order valence-electron chi connectivity index (χ4n) is 3.24. The van der Waals surface area contributed by atoms with Gasteiger partial charge in [0.15, 0.2) is 0 Å². The first-order chi connectivity index (χ1) is 13.9. The van der Waals surface area contributed by atoms with E-state index in [9.17, 15) is 14.4 Å². The first-order valence-electron chi connectivity index (χ1n) is 9.04. The molecule has 0 saturated heterocycles. The first kappa shape index (κ1) is 19.4. The summed E-state index contributed by atoms with van der Waals surface area (Å²) in [5.41, 5.74) is 2.13. The summed E-state index contributed by atoms with van der Waals surface area (Å²) < 4.78 is 0.679. The van der Waals surface area contributed by atoms with Gasteiger partial charge in [-0.2, -0.15) is 0 Å². The Labute approximate surface area is 176 Å². The molecule has 29 heavy (non-hydrogen) atoms. The van der Waals surface area contributed by atoms with E-state index < -0.39 is 0 Å². The fraction of sp³-hybridized carbons (Fsp3) is 0.136. The van der Waals surface area contributed by atoms with E-state index in [0.717, 1.165) is 10.4 Å². The number of hydrogen-bond acceptors (Lipinski definition) is 4. The van der Waals surface area contributed by atoms with Gasteiger partial charge in [0.05, 0.1) is 28.0 Å². The molecule has 0 radical (unpaired) electrons. The van der Waals surface area contributed by atoms with Crippen molar-refractivity contribution >= 4 is 40.7 Å². The van der Waals surface area contributed by atoms with Crippen LogP contribution < -0.4 is 5.32 Å². The van der Waals surface area contributed by atoms with Crippen molar-refractivity contribution in [3.05, 3.63) is 92.1 Å². The Bertz CT molecular complexity index is 1070. The minimum Gasteiger partial charge on any atom is -0.345 e. The van der Waals surface area contributed by atoms with Crippen molar-refractivity contribution in [2.75, 3.05) is 0 Å². The third kappa shape index (κ3) is 3.81. The number of benzene rings is 2. The van der Waals surface area contributed by atoms with Gasteiger partial charge in [-0.15, -0.1) is 11.3 Å². The van der Waals surface area contributed by atoms with E-state index in [0.29, 0.717) is 21.0 Å². The molecule has 0 bridgehead atoms. The maximum atomic E-state index is 12.5. The monoisotopic (exact) mass is 424 g/mol. The van der Waals surface area contributed by atoms with Crippen molar-refractivity contribution < 1.29 is 14.4 Å². The average Bonchev–Trinajstić information content (AvgIpc) is 3.26. The molecule has 3 amide bonds. The summed E-state index contributed by atoms with van der Waals surface area (Å²) in [6.45, 7) is 2.06. The second-order valence-electron chi connectivity index (χ2n) is 6.78. The van der Waals surface area contributed by atoms with Crippen molar-refractivity contribution in [1.82, 2.24) is 10.2 Å². The highest BCUT2D eigenvalue weighted by atomic mass is 35.5. The molecule has 1 aliphatic rings. The minimum absolute atomic E-state index is 0.155. The molecule has 0 fully saturated rings. The number of nitrogens with one attached hydrogen (secondary N) is 1. The van der Waals surface area contributed by atoms with E-state index >= 15 is 0 Å². The predicted octanol–water partition coefficient (Wildman–Crippen LogP) is 4.69.